The van der Waals surface area contributed by atoms with E-state index < -0.39 is 35.0 Å². The highest BCUT2D eigenvalue weighted by Gasteiger charge is 2.65. The molecule has 2 fully saturated rings. The number of aromatic hydroxyl groups is 1. The lowest BCUT2D eigenvalue weighted by Gasteiger charge is -2.54. The lowest BCUT2D eigenvalue weighted by molar-refractivity contribution is -0.135. The van der Waals surface area contributed by atoms with Crippen LogP contribution in [0.1, 0.15) is 40.7 Å². The molecule has 1 aliphatic heterocycles. The van der Waals surface area contributed by atoms with Crippen molar-refractivity contribution < 1.29 is 38.5 Å². The number of carbonyl (C=O) groups excluding carboxylic acids is 4. The van der Waals surface area contributed by atoms with E-state index in [9.17, 15) is 14.7 Å². The molecular formula is C53H45NO8. The zero-order valence-electron chi connectivity index (χ0n) is 34.6. The second-order valence-electron chi connectivity index (χ2n) is 16.2. The van der Waals surface area contributed by atoms with Crippen LogP contribution in [0.4, 0.5) is 5.69 Å². The minimum absolute atomic E-state index is 0.00941. The molecule has 6 atom stereocenters. The number of imide groups is 1. The molecule has 310 valence electrons. The highest BCUT2D eigenvalue weighted by Crippen LogP contribution is 2.61. The van der Waals surface area contributed by atoms with E-state index in [1.54, 1.807) is 44.6 Å². The van der Waals surface area contributed by atoms with Crippen LogP contribution in [0.3, 0.4) is 0 Å². The molecule has 62 heavy (non-hydrogen) atoms. The number of ether oxygens (including phenoxy) is 3. The molecule has 0 radical (unpaired) electrons. The monoisotopic (exact) mass is 823 g/mol. The highest BCUT2D eigenvalue weighted by atomic mass is 16.5. The van der Waals surface area contributed by atoms with Gasteiger partial charge in [0, 0.05) is 23.0 Å². The molecule has 1 saturated carbocycles. The second kappa shape index (κ2) is 16.3. The molecule has 4 aliphatic rings. The van der Waals surface area contributed by atoms with Gasteiger partial charge in [-0.15, -0.1) is 0 Å². The van der Waals surface area contributed by atoms with Gasteiger partial charge in [-0.3, -0.25) is 24.1 Å². The molecule has 0 unspecified atom stereocenters. The fraction of sp³-hybridized carbons (Fsp3) is 0.208. The zero-order chi connectivity index (χ0) is 43.1. The van der Waals surface area contributed by atoms with E-state index in [-0.39, 0.29) is 35.6 Å². The predicted molar refractivity (Wildman–Crippen MR) is 238 cm³/mol. The normalized spacial score (nSPS) is 24.4. The van der Waals surface area contributed by atoms with Crippen LogP contribution in [-0.2, 0) is 24.6 Å². The summed E-state index contributed by atoms with van der Waals surface area (Å²) in [5.41, 5.74) is 4.09. The van der Waals surface area contributed by atoms with E-state index in [0.29, 0.717) is 51.6 Å². The molecule has 9 heteroatoms. The summed E-state index contributed by atoms with van der Waals surface area (Å²) in [5, 5.41) is 10.4. The maximum Gasteiger partial charge on any atom is 0.238 e. The number of benzene rings is 5. The molecule has 1 heterocycles. The van der Waals surface area contributed by atoms with E-state index in [0.717, 1.165) is 16.7 Å². The van der Waals surface area contributed by atoms with Gasteiger partial charge in [0.25, 0.3) is 0 Å². The van der Waals surface area contributed by atoms with Crippen LogP contribution in [-0.4, -0.2) is 49.8 Å². The first-order valence-corrected chi connectivity index (χ1v) is 20.7. The average molecular weight is 824 g/mol. The fourth-order valence-corrected chi connectivity index (χ4v) is 10.3. The van der Waals surface area contributed by atoms with E-state index >= 15 is 9.59 Å². The number of carbonyl (C=O) groups is 4. The number of Topliss-reactive ketones (excluding diaryl/α,β-unsaturated/α-hetero) is 1. The number of phenolic OH excluding ortho intramolecular Hbond substituents is 1. The molecule has 3 aliphatic carbocycles. The minimum Gasteiger partial charge on any atom is -0.504 e. The first-order chi connectivity index (χ1) is 30.2. The van der Waals surface area contributed by atoms with Crippen LogP contribution in [0.2, 0.25) is 0 Å². The van der Waals surface area contributed by atoms with Gasteiger partial charge >= 0.3 is 0 Å². The summed E-state index contributed by atoms with van der Waals surface area (Å²) in [6, 6.07) is 36.5. The van der Waals surface area contributed by atoms with Gasteiger partial charge in [-0.2, -0.15) is 0 Å². The van der Waals surface area contributed by atoms with Crippen LogP contribution >= 0.6 is 0 Å². The molecule has 2 amide bonds. The Kier molecular flexibility index (Phi) is 10.6. The number of amides is 2. The Morgan fingerprint density at radius 2 is 1.40 bits per heavy atom. The van der Waals surface area contributed by atoms with Crippen LogP contribution < -0.4 is 19.1 Å². The van der Waals surface area contributed by atoms with Gasteiger partial charge in [0.05, 0.1) is 44.3 Å². The molecular weight excluding hydrogens is 779 g/mol. The third kappa shape index (κ3) is 6.65. The maximum absolute atomic E-state index is 15.2. The van der Waals surface area contributed by atoms with Gasteiger partial charge < -0.3 is 19.3 Å². The van der Waals surface area contributed by atoms with Crippen LogP contribution in [0.5, 0.6) is 23.0 Å². The van der Waals surface area contributed by atoms with E-state index in [1.165, 1.54) is 18.1 Å². The molecule has 1 saturated heterocycles. The largest absolute Gasteiger partial charge is 0.504 e. The van der Waals surface area contributed by atoms with Crippen molar-refractivity contribution in [3.63, 3.8) is 0 Å². The van der Waals surface area contributed by atoms with Gasteiger partial charge in [0.2, 0.25) is 11.8 Å². The molecule has 5 aromatic carbocycles. The fourth-order valence-electron chi connectivity index (χ4n) is 10.3. The number of hydrogen-bond donors (Lipinski definition) is 1. The van der Waals surface area contributed by atoms with Crippen molar-refractivity contribution >= 4 is 52.9 Å². The number of anilines is 1. The number of methoxy groups -OCH3 is 3. The Hall–Kier alpha value is -7.26. The van der Waals surface area contributed by atoms with Crippen molar-refractivity contribution in [2.45, 2.75) is 18.3 Å². The van der Waals surface area contributed by atoms with Gasteiger partial charge in [0.15, 0.2) is 23.1 Å². The van der Waals surface area contributed by atoms with Gasteiger partial charge in [-0.05, 0) is 89.6 Å². The Balaban J connectivity index is 1.12. The van der Waals surface area contributed by atoms with E-state index in [2.05, 4.69) is 0 Å². The number of fused-ring (bicyclic) bond motifs is 4. The number of phenols is 1. The van der Waals surface area contributed by atoms with Gasteiger partial charge in [-0.25, -0.2) is 0 Å². The number of allylic oxidation sites excluding steroid dienone is 5. The lowest BCUT2D eigenvalue weighted by Crippen LogP contribution is -2.59. The molecule has 1 N–H and O–H groups in total. The Labute approximate surface area is 360 Å². The first kappa shape index (κ1) is 40.2. The van der Waals surface area contributed by atoms with E-state index in [1.807, 2.05) is 121 Å². The predicted octanol–water partition coefficient (Wildman–Crippen LogP) is 9.16. The van der Waals surface area contributed by atoms with Crippen LogP contribution in [0, 0.1) is 29.6 Å². The van der Waals surface area contributed by atoms with Crippen LogP contribution in [0.15, 0.2) is 145 Å². The molecule has 0 bridgehead atoms. The Bertz CT molecular complexity index is 2720. The SMILES string of the molecule is COc1ccc(OC)c(C=Cc2ccc(N3C(=O)[C@H]4[C@H](CC=C5[C@H]4C[C@H]4C(=O)C(c6ccccc6)=CC(=O)[C@@]4(c4ccccc4)[C@H]5C=Cc4ccc(O)c(OC)c4)C3=O)cc2)c1. The topological polar surface area (TPSA) is 119 Å². The summed E-state index contributed by atoms with van der Waals surface area (Å²) in [7, 11) is 4.70. The molecule has 0 aromatic heterocycles. The first-order valence-electron chi connectivity index (χ1n) is 20.7. The lowest BCUT2D eigenvalue weighted by atomic mass is 9.45. The smallest absolute Gasteiger partial charge is 0.238 e. The number of hydrogen-bond acceptors (Lipinski definition) is 8. The third-order valence-electron chi connectivity index (χ3n) is 13.2. The average Bonchev–Trinajstić information content (AvgIpc) is 3.57. The summed E-state index contributed by atoms with van der Waals surface area (Å²) in [6.45, 7) is 0. The minimum atomic E-state index is -1.34. The summed E-state index contributed by atoms with van der Waals surface area (Å²) >= 11 is 0. The molecule has 9 rings (SSSR count). The zero-order valence-corrected chi connectivity index (χ0v) is 34.6. The van der Waals surface area contributed by atoms with E-state index in [4.69, 9.17) is 14.2 Å². The van der Waals surface area contributed by atoms with Crippen molar-refractivity contribution in [2.24, 2.45) is 29.6 Å². The quantitative estimate of drug-likeness (QED) is 0.0842. The van der Waals surface area contributed by atoms with Crippen molar-refractivity contribution in [1.29, 1.82) is 0 Å². The van der Waals surface area contributed by atoms with Gasteiger partial charge in [-0.1, -0.05) is 115 Å². The summed E-state index contributed by atoms with van der Waals surface area (Å²) < 4.78 is 16.3. The maximum atomic E-state index is 15.2. The standard InChI is InChI=1S/C53H45NO8/c1-60-38-22-27-46(61-2)35(29-38)19-14-32-15-20-37(21-16-32)54-51(58)40-24-23-39-42(49(40)52(54)59)30-44-50(57)41(34-10-6-4-7-11-34)31-48(56)53(44,36-12-8-5-9-13-36)43(39)25-17-33-18-26-45(55)47(28-33)62-3/h4-23,25-29,31,40,42-44,49,55H,24,30H2,1-3H3/t40-,42+,43-,44-,49-,53-/m0/s1. The van der Waals surface area contributed by atoms with Gasteiger partial charge in [0.1, 0.15) is 11.5 Å². The highest BCUT2D eigenvalue weighted by molar-refractivity contribution is 6.31. The van der Waals surface area contributed by atoms with Crippen molar-refractivity contribution in [3.05, 3.63) is 173 Å². The number of rotatable bonds is 10. The molecule has 5 aromatic rings. The molecule has 9 nitrogen and oxygen atoms in total. The van der Waals surface area contributed by atoms with Crippen molar-refractivity contribution in [3.8, 4) is 23.0 Å². The Morgan fingerprint density at radius 3 is 2.11 bits per heavy atom. The summed E-state index contributed by atoms with van der Waals surface area (Å²) in [6.07, 6.45) is 11.8. The number of ketones is 2. The molecule has 0 spiro atoms. The van der Waals surface area contributed by atoms with Crippen molar-refractivity contribution in [1.82, 2.24) is 0 Å². The number of nitrogens with zero attached hydrogens (tertiary/aromatic N) is 1. The summed E-state index contributed by atoms with van der Waals surface area (Å²) in [4.78, 5) is 61.0. The third-order valence-corrected chi connectivity index (χ3v) is 13.2. The second-order valence-corrected chi connectivity index (χ2v) is 16.2. The van der Waals surface area contributed by atoms with Crippen molar-refractivity contribution in [2.75, 3.05) is 26.2 Å². The Morgan fingerprint density at radius 1 is 0.694 bits per heavy atom. The summed E-state index contributed by atoms with van der Waals surface area (Å²) in [5.74, 6) is -2.68. The van der Waals surface area contributed by atoms with Crippen LogP contribution in [0.25, 0.3) is 23.8 Å².